The van der Waals surface area contributed by atoms with E-state index in [-0.39, 0.29) is 0 Å². The summed E-state index contributed by atoms with van der Waals surface area (Å²) >= 11 is 3.16. The maximum Gasteiger partial charge on any atom is -0.0183 e. The smallest absolute Gasteiger partial charge is 0.0183 e. The van der Waals surface area contributed by atoms with Gasteiger partial charge in [-0.25, -0.2) is 0 Å². The molecule has 0 atom stereocenters. The Kier molecular flexibility index (Phi) is 5.23. The van der Waals surface area contributed by atoms with E-state index in [0.29, 0.717) is 0 Å². The Morgan fingerprint density at radius 2 is 2.00 bits per heavy atom. The summed E-state index contributed by atoms with van der Waals surface area (Å²) in [4.78, 5) is 1.78. The van der Waals surface area contributed by atoms with E-state index in [0.717, 1.165) is 5.57 Å². The van der Waals surface area contributed by atoms with E-state index in [2.05, 4.69) is 29.1 Å². The fourth-order valence-electron chi connectivity index (χ4n) is 0.400. The summed E-state index contributed by atoms with van der Waals surface area (Å²) in [6.07, 6.45) is 7.27. The van der Waals surface area contributed by atoms with Crippen molar-refractivity contribution in [1.29, 1.82) is 0 Å². The summed E-state index contributed by atoms with van der Waals surface area (Å²) in [6.45, 7) is 7.17. The number of halogens is 1. The molecule has 0 aromatic heterocycles. The predicted molar refractivity (Wildman–Crippen MR) is 46.5 cm³/mol. The minimum atomic E-state index is 1.04. The Morgan fingerprint density at radius 1 is 1.33 bits per heavy atom. The second kappa shape index (κ2) is 5.57. The highest BCUT2D eigenvalue weighted by molar-refractivity contribution is 9.11. The van der Waals surface area contributed by atoms with Crippen LogP contribution in [0.1, 0.15) is 0 Å². The van der Waals surface area contributed by atoms with Crippen molar-refractivity contribution in [2.75, 3.05) is 0 Å². The summed E-state index contributed by atoms with van der Waals surface area (Å²) in [5, 5.41) is 0. The molecule has 48 valence electrons. The largest absolute Gasteiger partial charge is 0.0990 e. The number of hydrogen-bond acceptors (Lipinski definition) is 0. The highest BCUT2D eigenvalue weighted by Crippen LogP contribution is 1.99. The maximum atomic E-state index is 3.61. The van der Waals surface area contributed by atoms with Crippen LogP contribution in [-0.2, 0) is 0 Å². The molecule has 0 aromatic carbocycles. The van der Waals surface area contributed by atoms with Crippen molar-refractivity contribution in [3.05, 3.63) is 48.0 Å². The molecule has 9 heavy (non-hydrogen) atoms. The van der Waals surface area contributed by atoms with Gasteiger partial charge in [-0.15, -0.1) is 0 Å². The van der Waals surface area contributed by atoms with Crippen molar-refractivity contribution in [2.24, 2.45) is 0 Å². The van der Waals surface area contributed by atoms with Crippen molar-refractivity contribution >= 4 is 15.9 Å². The lowest BCUT2D eigenvalue weighted by Crippen LogP contribution is -1.64. The van der Waals surface area contributed by atoms with Gasteiger partial charge in [0.15, 0.2) is 0 Å². The van der Waals surface area contributed by atoms with Gasteiger partial charge >= 0.3 is 0 Å². The van der Waals surface area contributed by atoms with Gasteiger partial charge in [0.2, 0.25) is 0 Å². The summed E-state index contributed by atoms with van der Waals surface area (Å²) in [7, 11) is 0. The molecule has 0 N–H and O–H groups in total. The second-order valence-electron chi connectivity index (χ2n) is 1.40. The molecule has 0 aliphatic heterocycles. The van der Waals surface area contributed by atoms with Crippen molar-refractivity contribution in [3.8, 4) is 0 Å². The van der Waals surface area contributed by atoms with Gasteiger partial charge in [0.25, 0.3) is 0 Å². The van der Waals surface area contributed by atoms with Crippen molar-refractivity contribution < 1.29 is 0 Å². The lowest BCUT2D eigenvalue weighted by Gasteiger charge is -1.85. The molecule has 0 amide bonds. The van der Waals surface area contributed by atoms with Crippen LogP contribution < -0.4 is 0 Å². The minimum absolute atomic E-state index is 1.04. The molecule has 0 aromatic rings. The van der Waals surface area contributed by atoms with E-state index in [9.17, 15) is 0 Å². The average Bonchev–Trinajstić information content (AvgIpc) is 1.88. The zero-order valence-corrected chi connectivity index (χ0v) is 6.76. The van der Waals surface area contributed by atoms with Crippen LogP contribution in [0.25, 0.3) is 0 Å². The Bertz CT molecular complexity index is 152. The molecule has 0 fully saturated rings. The molecular formula is C8H9Br. The zero-order valence-electron chi connectivity index (χ0n) is 5.18. The predicted octanol–water partition coefficient (Wildman–Crippen LogP) is 3.19. The lowest BCUT2D eigenvalue weighted by molar-refractivity contribution is 1.73. The fourth-order valence-corrected chi connectivity index (χ4v) is 0.706. The van der Waals surface area contributed by atoms with Crippen LogP contribution in [0.4, 0.5) is 0 Å². The first-order chi connectivity index (χ1) is 4.35. The van der Waals surface area contributed by atoms with E-state index in [1.165, 1.54) is 0 Å². The van der Waals surface area contributed by atoms with E-state index in [4.69, 9.17) is 0 Å². The first-order valence-corrected chi connectivity index (χ1v) is 3.48. The molecule has 0 bridgehead atoms. The van der Waals surface area contributed by atoms with Gasteiger partial charge in [0.05, 0.1) is 0 Å². The fraction of sp³-hybridized carbons (Fsp3) is 0. The standard InChI is InChI=1S/C8H9Br/c1-3-5-8(4-2)6-7-9/h3-7H,1-2H2/b7-6-,8-5+. The first kappa shape index (κ1) is 8.44. The number of hydrogen-bond donors (Lipinski definition) is 0. The van der Waals surface area contributed by atoms with Crippen LogP contribution in [0.2, 0.25) is 0 Å². The van der Waals surface area contributed by atoms with Gasteiger partial charge in [-0.1, -0.05) is 47.3 Å². The second-order valence-corrected chi connectivity index (χ2v) is 1.93. The van der Waals surface area contributed by atoms with E-state index in [1.54, 1.807) is 17.1 Å². The van der Waals surface area contributed by atoms with E-state index < -0.39 is 0 Å². The molecule has 0 rings (SSSR count). The monoisotopic (exact) mass is 184 g/mol. The van der Waals surface area contributed by atoms with Crippen LogP contribution in [-0.4, -0.2) is 0 Å². The Balaban J connectivity index is 4.13. The summed E-state index contributed by atoms with van der Waals surface area (Å²) in [5.74, 6) is 0. The van der Waals surface area contributed by atoms with Crippen LogP contribution >= 0.6 is 15.9 Å². The highest BCUT2D eigenvalue weighted by atomic mass is 79.9. The van der Waals surface area contributed by atoms with E-state index in [1.807, 2.05) is 12.2 Å². The van der Waals surface area contributed by atoms with Gasteiger partial charge in [0, 0.05) is 0 Å². The molecule has 0 saturated heterocycles. The van der Waals surface area contributed by atoms with Crippen molar-refractivity contribution in [2.45, 2.75) is 0 Å². The molecule has 0 aliphatic carbocycles. The van der Waals surface area contributed by atoms with Gasteiger partial charge in [0.1, 0.15) is 0 Å². The first-order valence-electron chi connectivity index (χ1n) is 2.57. The van der Waals surface area contributed by atoms with Crippen LogP contribution in [0, 0.1) is 0 Å². The normalized spacial score (nSPS) is 11.9. The Morgan fingerprint density at radius 3 is 2.33 bits per heavy atom. The average molecular weight is 185 g/mol. The summed E-state index contributed by atoms with van der Waals surface area (Å²) < 4.78 is 0. The summed E-state index contributed by atoms with van der Waals surface area (Å²) in [5.41, 5.74) is 1.04. The van der Waals surface area contributed by atoms with Gasteiger partial charge in [-0.2, -0.15) is 0 Å². The third kappa shape index (κ3) is 3.98. The molecule has 0 heterocycles. The van der Waals surface area contributed by atoms with Crippen LogP contribution in [0.5, 0.6) is 0 Å². The molecule has 0 unspecified atom stereocenters. The third-order valence-corrected chi connectivity index (χ3v) is 1.07. The topological polar surface area (TPSA) is 0 Å². The molecule has 0 saturated carbocycles. The molecule has 1 heteroatoms. The third-order valence-electron chi connectivity index (χ3n) is 0.801. The van der Waals surface area contributed by atoms with Crippen LogP contribution in [0.3, 0.4) is 0 Å². The summed E-state index contributed by atoms with van der Waals surface area (Å²) in [6, 6.07) is 0. The van der Waals surface area contributed by atoms with Gasteiger partial charge in [-0.05, 0) is 16.6 Å². The molecule has 0 radical (unpaired) electrons. The SMILES string of the molecule is C=C/C=C(C=C)/C=C\Br. The number of allylic oxidation sites excluding steroid dienone is 5. The van der Waals surface area contributed by atoms with Crippen molar-refractivity contribution in [1.82, 2.24) is 0 Å². The minimum Gasteiger partial charge on any atom is -0.0990 e. The van der Waals surface area contributed by atoms with Gasteiger partial charge < -0.3 is 0 Å². The molecular weight excluding hydrogens is 176 g/mol. The van der Waals surface area contributed by atoms with Gasteiger partial charge in [-0.3, -0.25) is 0 Å². The van der Waals surface area contributed by atoms with E-state index >= 15 is 0 Å². The van der Waals surface area contributed by atoms with Crippen LogP contribution in [0.15, 0.2) is 48.0 Å². The van der Waals surface area contributed by atoms with Crippen molar-refractivity contribution in [3.63, 3.8) is 0 Å². The quantitative estimate of drug-likeness (QED) is 0.592. The molecule has 0 nitrogen and oxygen atoms in total. The highest BCUT2D eigenvalue weighted by Gasteiger charge is 1.76. The Labute approximate surface area is 64.4 Å². The lowest BCUT2D eigenvalue weighted by atomic mass is 10.2. The molecule has 0 spiro atoms. The Hall–Kier alpha value is -0.560. The maximum absolute atomic E-state index is 3.61. The zero-order chi connectivity index (χ0) is 7.11. The molecule has 0 aliphatic rings. The number of rotatable bonds is 3.